The summed E-state index contributed by atoms with van der Waals surface area (Å²) < 4.78 is 18.8. The van der Waals surface area contributed by atoms with Gasteiger partial charge in [0.15, 0.2) is 5.96 Å². The lowest BCUT2D eigenvalue weighted by atomic mass is 9.67. The fraction of sp³-hybridized carbons (Fsp3) is 0.650. The molecule has 0 amide bonds. The van der Waals surface area contributed by atoms with E-state index in [0.29, 0.717) is 5.41 Å². The van der Waals surface area contributed by atoms with Crippen LogP contribution >= 0.6 is 24.0 Å². The minimum Gasteiger partial charge on any atom is -0.385 e. The van der Waals surface area contributed by atoms with Crippen molar-refractivity contribution in [2.75, 3.05) is 33.9 Å². The van der Waals surface area contributed by atoms with E-state index in [1.807, 2.05) is 6.07 Å². The highest BCUT2D eigenvalue weighted by Gasteiger charge is 2.44. The molecule has 0 spiro atoms. The summed E-state index contributed by atoms with van der Waals surface area (Å²) in [5.41, 5.74) is 1.50. The van der Waals surface area contributed by atoms with Gasteiger partial charge in [-0.1, -0.05) is 18.6 Å². The Morgan fingerprint density at radius 3 is 2.46 bits per heavy atom. The fourth-order valence-corrected chi connectivity index (χ4v) is 3.79. The zero-order valence-corrected chi connectivity index (χ0v) is 18.1. The predicted octanol–water partition coefficient (Wildman–Crippen LogP) is 3.85. The molecular formula is C20H31FIN3O. The van der Waals surface area contributed by atoms with Gasteiger partial charge in [-0.2, -0.15) is 0 Å². The summed E-state index contributed by atoms with van der Waals surface area (Å²) in [6.07, 6.45) is 7.11. The molecule has 4 nitrogen and oxygen atoms in total. The Morgan fingerprint density at radius 1 is 1.19 bits per heavy atom. The molecule has 0 atom stereocenters. The normalized spacial score (nSPS) is 19.9. The first-order valence-corrected chi connectivity index (χ1v) is 9.31. The monoisotopic (exact) mass is 475 g/mol. The molecule has 0 bridgehead atoms. The molecule has 26 heavy (non-hydrogen) atoms. The Labute approximate surface area is 173 Å². The number of hydrogen-bond acceptors (Lipinski definition) is 2. The van der Waals surface area contributed by atoms with Crippen molar-refractivity contribution < 1.29 is 9.13 Å². The molecular weight excluding hydrogens is 444 g/mol. The molecule has 0 radical (unpaired) electrons. The van der Waals surface area contributed by atoms with Crippen molar-refractivity contribution >= 4 is 29.9 Å². The summed E-state index contributed by atoms with van der Waals surface area (Å²) in [4.78, 5) is 4.36. The summed E-state index contributed by atoms with van der Waals surface area (Å²) in [5.74, 6) is 0.683. The smallest absolute Gasteiger partial charge is 0.191 e. The zero-order chi connectivity index (χ0) is 17.8. The fourth-order valence-electron chi connectivity index (χ4n) is 3.79. The molecule has 2 aliphatic carbocycles. The van der Waals surface area contributed by atoms with E-state index in [4.69, 9.17) is 4.74 Å². The average Bonchev–Trinajstić information content (AvgIpc) is 3.37. The average molecular weight is 475 g/mol. The highest BCUT2D eigenvalue weighted by molar-refractivity contribution is 14.0. The van der Waals surface area contributed by atoms with Crippen LogP contribution in [0.4, 0.5) is 4.39 Å². The second kappa shape index (κ2) is 9.35. The third-order valence-corrected chi connectivity index (χ3v) is 5.99. The van der Waals surface area contributed by atoms with Crippen molar-refractivity contribution in [1.82, 2.24) is 10.6 Å². The predicted molar refractivity (Wildman–Crippen MR) is 115 cm³/mol. The van der Waals surface area contributed by atoms with Gasteiger partial charge in [0.1, 0.15) is 5.82 Å². The second-order valence-corrected chi connectivity index (χ2v) is 7.67. The summed E-state index contributed by atoms with van der Waals surface area (Å²) in [6, 6.07) is 7.00. The quantitative estimate of drug-likeness (QED) is 0.341. The van der Waals surface area contributed by atoms with Crippen molar-refractivity contribution in [1.29, 1.82) is 0 Å². The van der Waals surface area contributed by atoms with Gasteiger partial charge in [0.25, 0.3) is 0 Å². The molecule has 1 aromatic rings. The maximum Gasteiger partial charge on any atom is 0.191 e. The standard InChI is InChI=1S/C20H30FN3O.HI/c1-22-18(23-14-19(7-4-8-19)11-12-25-2)24-15-20(9-10-20)16-5-3-6-17(21)13-16;/h3,5-6,13H,4,7-12,14-15H2,1-2H3,(H2,22,23,24);1H. The molecule has 0 heterocycles. The number of guanidine groups is 1. The van der Waals surface area contributed by atoms with E-state index >= 15 is 0 Å². The number of halogens is 2. The van der Waals surface area contributed by atoms with Crippen LogP contribution in [0, 0.1) is 11.2 Å². The molecule has 0 aromatic heterocycles. The first-order valence-electron chi connectivity index (χ1n) is 9.31. The van der Waals surface area contributed by atoms with Crippen molar-refractivity contribution in [3.05, 3.63) is 35.6 Å². The number of methoxy groups -OCH3 is 1. The van der Waals surface area contributed by atoms with Crippen LogP contribution in [0.1, 0.15) is 44.1 Å². The molecule has 146 valence electrons. The van der Waals surface area contributed by atoms with E-state index in [1.54, 1.807) is 26.3 Å². The van der Waals surface area contributed by atoms with E-state index in [1.165, 1.54) is 25.3 Å². The van der Waals surface area contributed by atoms with Gasteiger partial charge < -0.3 is 15.4 Å². The Bertz CT molecular complexity index is 615. The lowest BCUT2D eigenvalue weighted by Gasteiger charge is -2.42. The Morgan fingerprint density at radius 2 is 1.92 bits per heavy atom. The number of aliphatic imine (C=N–C) groups is 1. The van der Waals surface area contributed by atoms with E-state index in [0.717, 1.165) is 50.5 Å². The van der Waals surface area contributed by atoms with Crippen LogP contribution in [0.2, 0.25) is 0 Å². The van der Waals surface area contributed by atoms with Crippen LogP contribution in [0.3, 0.4) is 0 Å². The molecule has 0 aliphatic heterocycles. The number of benzene rings is 1. The molecule has 2 N–H and O–H groups in total. The van der Waals surface area contributed by atoms with E-state index in [9.17, 15) is 4.39 Å². The highest BCUT2D eigenvalue weighted by atomic mass is 127. The first-order chi connectivity index (χ1) is 12.1. The van der Waals surface area contributed by atoms with Crippen LogP contribution < -0.4 is 10.6 Å². The van der Waals surface area contributed by atoms with Crippen LogP contribution in [0.25, 0.3) is 0 Å². The third kappa shape index (κ3) is 5.09. The van der Waals surface area contributed by atoms with Crippen LogP contribution in [-0.4, -0.2) is 39.8 Å². The zero-order valence-electron chi connectivity index (χ0n) is 15.8. The second-order valence-electron chi connectivity index (χ2n) is 7.67. The molecule has 2 aliphatic rings. The minimum absolute atomic E-state index is 0. The molecule has 2 fully saturated rings. The molecule has 1 aromatic carbocycles. The summed E-state index contributed by atoms with van der Waals surface area (Å²) in [5, 5.41) is 6.95. The molecule has 0 saturated heterocycles. The molecule has 6 heteroatoms. The van der Waals surface area contributed by atoms with Crippen molar-refractivity contribution in [2.24, 2.45) is 10.4 Å². The van der Waals surface area contributed by atoms with Gasteiger partial charge in [-0.05, 0) is 55.2 Å². The maximum atomic E-state index is 13.5. The van der Waals surface area contributed by atoms with E-state index in [2.05, 4.69) is 15.6 Å². The van der Waals surface area contributed by atoms with Crippen LogP contribution in [-0.2, 0) is 10.2 Å². The van der Waals surface area contributed by atoms with Gasteiger partial charge in [-0.3, -0.25) is 4.99 Å². The lowest BCUT2D eigenvalue weighted by Crippen LogP contribution is -2.48. The maximum absolute atomic E-state index is 13.5. The number of ether oxygens (including phenoxy) is 1. The van der Waals surface area contributed by atoms with Crippen molar-refractivity contribution in [2.45, 2.75) is 43.9 Å². The van der Waals surface area contributed by atoms with Gasteiger partial charge in [-0.25, -0.2) is 4.39 Å². The van der Waals surface area contributed by atoms with E-state index in [-0.39, 0.29) is 35.2 Å². The minimum atomic E-state index is -0.156. The van der Waals surface area contributed by atoms with Gasteiger partial charge in [0, 0.05) is 39.3 Å². The van der Waals surface area contributed by atoms with Crippen LogP contribution in [0.5, 0.6) is 0 Å². The Balaban J connectivity index is 0.00000243. The van der Waals surface area contributed by atoms with Gasteiger partial charge >= 0.3 is 0 Å². The van der Waals surface area contributed by atoms with Crippen LogP contribution in [0.15, 0.2) is 29.3 Å². The lowest BCUT2D eigenvalue weighted by molar-refractivity contribution is 0.0732. The summed E-state index contributed by atoms with van der Waals surface area (Å²) in [7, 11) is 3.57. The molecule has 3 rings (SSSR count). The van der Waals surface area contributed by atoms with Crippen molar-refractivity contribution in [3.63, 3.8) is 0 Å². The number of nitrogens with one attached hydrogen (secondary N) is 2. The van der Waals surface area contributed by atoms with Crippen molar-refractivity contribution in [3.8, 4) is 0 Å². The summed E-state index contributed by atoms with van der Waals surface area (Å²) in [6.45, 7) is 2.54. The first kappa shape index (κ1) is 21.4. The van der Waals surface area contributed by atoms with E-state index < -0.39 is 0 Å². The number of hydrogen-bond donors (Lipinski definition) is 2. The molecule has 2 saturated carbocycles. The summed E-state index contributed by atoms with van der Waals surface area (Å²) >= 11 is 0. The SMILES string of the molecule is CN=C(NCC1(CCOC)CCC1)NCC1(c2cccc(F)c2)CC1.I. The topological polar surface area (TPSA) is 45.7 Å². The van der Waals surface area contributed by atoms with Gasteiger partial charge in [-0.15, -0.1) is 24.0 Å². The van der Waals surface area contributed by atoms with Gasteiger partial charge in [0.05, 0.1) is 0 Å². The number of rotatable bonds is 8. The highest BCUT2D eigenvalue weighted by Crippen LogP contribution is 2.47. The van der Waals surface area contributed by atoms with Gasteiger partial charge in [0.2, 0.25) is 0 Å². The largest absolute Gasteiger partial charge is 0.385 e. The Hall–Kier alpha value is -0.890. The number of nitrogens with zero attached hydrogens (tertiary/aromatic N) is 1. The Kier molecular flexibility index (Phi) is 7.70. The molecule has 0 unspecified atom stereocenters. The third-order valence-electron chi connectivity index (χ3n) is 5.99.